The van der Waals surface area contributed by atoms with Gasteiger partial charge in [0.2, 0.25) is 17.7 Å². The number of likely N-dealkylation sites (N-methyl/N-ethyl adjacent to an activating group) is 2. The Morgan fingerprint density at radius 2 is 1.38 bits per heavy atom. The van der Waals surface area contributed by atoms with Gasteiger partial charge in [-0.3, -0.25) is 14.4 Å². The molecule has 0 saturated carbocycles. The number of benzene rings is 2. The number of amides is 3. The molecular weight excluding hydrogens is 634 g/mol. The summed E-state index contributed by atoms with van der Waals surface area (Å²) in [4.78, 5) is 56.2. The van der Waals surface area contributed by atoms with E-state index in [1.165, 1.54) is 31.0 Å². The van der Waals surface area contributed by atoms with Crippen LogP contribution in [0.1, 0.15) is 45.2 Å². The molecule has 2 aromatic rings. The van der Waals surface area contributed by atoms with Gasteiger partial charge in [0.1, 0.15) is 29.6 Å². The summed E-state index contributed by atoms with van der Waals surface area (Å²) in [6.07, 6.45) is 1.76. The predicted molar refractivity (Wildman–Crippen MR) is 188 cm³/mol. The van der Waals surface area contributed by atoms with E-state index in [4.69, 9.17) is 18.9 Å². The maximum atomic E-state index is 14.0. The molecule has 0 aliphatic rings. The number of rotatable bonds is 18. The molecule has 3 amide bonds. The fraction of sp³-hybridized carbons (Fsp3) is 0.500. The van der Waals surface area contributed by atoms with Gasteiger partial charge in [-0.2, -0.15) is 12.6 Å². The summed E-state index contributed by atoms with van der Waals surface area (Å²) in [5.74, 6) is -0.0574. The molecule has 0 unspecified atom stereocenters. The van der Waals surface area contributed by atoms with Crippen LogP contribution in [0.3, 0.4) is 0 Å². The Kier molecular flexibility index (Phi) is 16.5. The zero-order valence-corrected chi connectivity index (χ0v) is 30.4. The SMILES string of the molecule is COC(=O)[C@H](CC(C)C)N(C)C(=O)[C@H](C)N(C)C(=O)[C@H](Cc1ccc(OC)cc1)NC(=O)/C(C)=C/[C@H](CS)OCc1ccc(OC)cc1. The van der Waals surface area contributed by atoms with Crippen molar-refractivity contribution in [3.05, 3.63) is 71.3 Å². The van der Waals surface area contributed by atoms with Gasteiger partial charge in [0, 0.05) is 31.8 Å². The van der Waals surface area contributed by atoms with Gasteiger partial charge in [0.05, 0.1) is 34.0 Å². The van der Waals surface area contributed by atoms with Crippen LogP contribution >= 0.6 is 12.6 Å². The quantitative estimate of drug-likeness (QED) is 0.137. The molecule has 0 bridgehead atoms. The minimum Gasteiger partial charge on any atom is -0.497 e. The van der Waals surface area contributed by atoms with Crippen molar-refractivity contribution in [3.8, 4) is 11.5 Å². The zero-order valence-electron chi connectivity index (χ0n) is 29.5. The topological polar surface area (TPSA) is 124 Å². The Hall–Kier alpha value is -4.03. The molecule has 264 valence electrons. The maximum absolute atomic E-state index is 14.0. The van der Waals surface area contributed by atoms with E-state index < -0.39 is 47.9 Å². The van der Waals surface area contributed by atoms with Gasteiger partial charge in [0.25, 0.3) is 0 Å². The first-order chi connectivity index (χ1) is 22.8. The van der Waals surface area contributed by atoms with Gasteiger partial charge in [0.15, 0.2) is 0 Å². The molecule has 0 aromatic heterocycles. The van der Waals surface area contributed by atoms with Gasteiger partial charge in [-0.1, -0.05) is 38.1 Å². The number of hydrogen-bond acceptors (Lipinski definition) is 9. The monoisotopic (exact) mass is 685 g/mol. The van der Waals surface area contributed by atoms with E-state index in [1.54, 1.807) is 46.3 Å². The summed E-state index contributed by atoms with van der Waals surface area (Å²) in [5, 5.41) is 2.87. The molecule has 0 heterocycles. The number of methoxy groups -OCH3 is 3. The van der Waals surface area contributed by atoms with Gasteiger partial charge in [-0.25, -0.2) is 4.79 Å². The first-order valence-electron chi connectivity index (χ1n) is 15.8. The van der Waals surface area contributed by atoms with E-state index in [0.717, 1.165) is 16.9 Å². The lowest BCUT2D eigenvalue weighted by atomic mass is 10.0. The highest BCUT2D eigenvalue weighted by molar-refractivity contribution is 7.80. The molecule has 11 nitrogen and oxygen atoms in total. The van der Waals surface area contributed by atoms with Crippen LogP contribution in [0.5, 0.6) is 11.5 Å². The van der Waals surface area contributed by atoms with E-state index in [9.17, 15) is 19.2 Å². The van der Waals surface area contributed by atoms with E-state index in [2.05, 4.69) is 17.9 Å². The van der Waals surface area contributed by atoms with Gasteiger partial charge in [-0.15, -0.1) is 0 Å². The van der Waals surface area contributed by atoms with Crippen molar-refractivity contribution >= 4 is 36.3 Å². The lowest BCUT2D eigenvalue weighted by Crippen LogP contribution is -2.56. The van der Waals surface area contributed by atoms with Crippen molar-refractivity contribution < 1.29 is 38.1 Å². The highest BCUT2D eigenvalue weighted by Gasteiger charge is 2.35. The zero-order chi connectivity index (χ0) is 36.0. The molecule has 0 spiro atoms. The van der Waals surface area contributed by atoms with Gasteiger partial charge in [-0.05, 0) is 67.7 Å². The van der Waals surface area contributed by atoms with Crippen LogP contribution in [-0.2, 0) is 41.7 Å². The number of hydrogen-bond donors (Lipinski definition) is 2. The number of esters is 1. The number of nitrogens with one attached hydrogen (secondary N) is 1. The minimum atomic E-state index is -1.01. The summed E-state index contributed by atoms with van der Waals surface area (Å²) in [7, 11) is 7.48. The fourth-order valence-electron chi connectivity index (χ4n) is 4.95. The number of carbonyl (C=O) groups is 4. The molecule has 1 N–H and O–H groups in total. The lowest BCUT2D eigenvalue weighted by Gasteiger charge is -2.34. The number of ether oxygens (including phenoxy) is 4. The molecule has 0 aliphatic carbocycles. The third-order valence-corrected chi connectivity index (χ3v) is 8.43. The Morgan fingerprint density at radius 1 is 0.833 bits per heavy atom. The Labute approximate surface area is 290 Å². The van der Waals surface area contributed by atoms with Crippen LogP contribution in [0.15, 0.2) is 60.2 Å². The van der Waals surface area contributed by atoms with E-state index in [1.807, 2.05) is 50.2 Å². The summed E-state index contributed by atoms with van der Waals surface area (Å²) >= 11 is 4.40. The average molecular weight is 686 g/mol. The maximum Gasteiger partial charge on any atom is 0.328 e. The molecule has 48 heavy (non-hydrogen) atoms. The largest absolute Gasteiger partial charge is 0.497 e. The second kappa shape index (κ2) is 19.7. The van der Waals surface area contributed by atoms with Crippen molar-refractivity contribution in [1.29, 1.82) is 0 Å². The highest BCUT2D eigenvalue weighted by Crippen LogP contribution is 2.18. The fourth-order valence-corrected chi connectivity index (χ4v) is 5.16. The van der Waals surface area contributed by atoms with Crippen LogP contribution in [0, 0.1) is 5.92 Å². The van der Waals surface area contributed by atoms with E-state index >= 15 is 0 Å². The number of nitrogens with zero attached hydrogens (tertiary/aromatic N) is 2. The van der Waals surface area contributed by atoms with Crippen molar-refractivity contribution in [1.82, 2.24) is 15.1 Å². The summed E-state index contributed by atoms with van der Waals surface area (Å²) in [6.45, 7) is 7.43. The number of thiol groups is 1. The molecule has 0 radical (unpaired) electrons. The van der Waals surface area contributed by atoms with Crippen molar-refractivity contribution in [2.24, 2.45) is 5.92 Å². The lowest BCUT2D eigenvalue weighted by molar-refractivity contribution is -0.155. The normalized spacial score (nSPS) is 13.9. The summed E-state index contributed by atoms with van der Waals surface area (Å²) in [5.41, 5.74) is 2.06. The first-order valence-corrected chi connectivity index (χ1v) is 16.5. The molecule has 12 heteroatoms. The Balaban J connectivity index is 2.27. The van der Waals surface area contributed by atoms with Crippen molar-refractivity contribution in [3.63, 3.8) is 0 Å². The Morgan fingerprint density at radius 3 is 1.85 bits per heavy atom. The molecule has 2 aromatic carbocycles. The average Bonchev–Trinajstić information content (AvgIpc) is 3.10. The third kappa shape index (κ3) is 11.9. The van der Waals surface area contributed by atoms with Crippen molar-refractivity contribution in [2.45, 2.75) is 71.4 Å². The molecular formula is C36H51N3O8S. The molecule has 0 fully saturated rings. The predicted octanol–water partition coefficient (Wildman–Crippen LogP) is 4.09. The third-order valence-electron chi connectivity index (χ3n) is 8.07. The molecule has 0 aliphatic heterocycles. The van der Waals surface area contributed by atoms with Crippen LogP contribution in [0.25, 0.3) is 0 Å². The first kappa shape index (κ1) is 40.1. The smallest absolute Gasteiger partial charge is 0.328 e. The van der Waals surface area contributed by atoms with Crippen molar-refractivity contribution in [2.75, 3.05) is 41.2 Å². The molecule has 0 saturated heterocycles. The second-order valence-electron chi connectivity index (χ2n) is 12.1. The standard InChI is InChI=1S/C36H51N3O8S/c1-23(2)18-32(36(43)46-9)39(6)34(41)25(4)38(5)35(42)31(20-26-10-14-28(44-7)15-11-26)37-33(40)24(3)19-30(22-48)47-21-27-12-16-29(45-8)17-13-27/h10-17,19,23,25,30-32,48H,18,20-22H2,1-9H3,(H,37,40)/b24-19+/t25-,30+,31-,32-/m0/s1. The van der Waals surface area contributed by atoms with Gasteiger partial charge < -0.3 is 34.1 Å². The van der Waals surface area contributed by atoms with Crippen LogP contribution in [0.2, 0.25) is 0 Å². The van der Waals surface area contributed by atoms with E-state index in [-0.39, 0.29) is 12.3 Å². The number of carbonyl (C=O) groups excluding carboxylic acids is 4. The van der Waals surface area contributed by atoms with Gasteiger partial charge >= 0.3 is 5.97 Å². The molecule has 4 atom stereocenters. The summed E-state index contributed by atoms with van der Waals surface area (Å²) in [6, 6.07) is 11.9. The van der Waals surface area contributed by atoms with E-state index in [0.29, 0.717) is 30.1 Å². The summed E-state index contributed by atoms with van der Waals surface area (Å²) < 4.78 is 21.4. The Bertz CT molecular complexity index is 1380. The van der Waals surface area contributed by atoms with Crippen LogP contribution < -0.4 is 14.8 Å². The van der Waals surface area contributed by atoms with Crippen LogP contribution in [0.4, 0.5) is 0 Å². The van der Waals surface area contributed by atoms with Crippen LogP contribution in [-0.4, -0.2) is 98.9 Å². The minimum absolute atomic E-state index is 0.120. The molecule has 2 rings (SSSR count). The second-order valence-corrected chi connectivity index (χ2v) is 12.4. The highest BCUT2D eigenvalue weighted by atomic mass is 32.1.